The SMILES string of the molecule is CC(C)[C@@H]1CC[C@]2(C(=O)NCCCN3CCCC3=O)CC[C@]3(C)[C@H](CC[C@@H]4[C@@]5(C)CC=C(c6ccc(C(=O)O)cc6)C(C)(C)[C@@H]5CC[C@]43C)[C@@H]12. The zero-order chi connectivity index (χ0) is 35.9. The molecule has 0 unspecified atom stereocenters. The Hall–Kier alpha value is -2.63. The van der Waals surface area contributed by atoms with Gasteiger partial charge in [0.25, 0.3) is 0 Å². The van der Waals surface area contributed by atoms with Crippen LogP contribution in [0, 0.1) is 62.6 Å². The van der Waals surface area contributed by atoms with Gasteiger partial charge < -0.3 is 15.3 Å². The van der Waals surface area contributed by atoms with E-state index < -0.39 is 5.97 Å². The molecule has 9 atom stereocenters. The maximum atomic E-state index is 14.5. The van der Waals surface area contributed by atoms with Gasteiger partial charge in [-0.15, -0.1) is 0 Å². The standard InChI is InChI=1S/C44H64N2O4/c1-28(2)31-17-22-44(39(50)45-25-9-27-46-26-8-10-36(46)47)24-23-42(6)33(37(31)44)15-16-35-41(5)20-18-32(29-11-13-30(14-12-29)38(48)49)40(3,4)34(41)19-21-43(35,42)7/h11-14,18,28,31,33-35,37H,8-10,15-17,19-27H2,1-7H3,(H,45,50)(H,48,49)/t31-,33+,34-,35+,37+,41-,42+,43+,44-/m0/s1. The Morgan fingerprint density at radius 2 is 1.66 bits per heavy atom. The predicted octanol–water partition coefficient (Wildman–Crippen LogP) is 9.24. The van der Waals surface area contributed by atoms with E-state index >= 15 is 0 Å². The van der Waals surface area contributed by atoms with Crippen molar-refractivity contribution < 1.29 is 19.5 Å². The molecule has 274 valence electrons. The predicted molar refractivity (Wildman–Crippen MR) is 199 cm³/mol. The fourth-order valence-corrected chi connectivity index (χ4v) is 14.3. The van der Waals surface area contributed by atoms with Crippen LogP contribution in [0.3, 0.4) is 0 Å². The maximum absolute atomic E-state index is 14.5. The number of hydrogen-bond donors (Lipinski definition) is 2. The quantitative estimate of drug-likeness (QED) is 0.267. The van der Waals surface area contributed by atoms with Crippen LogP contribution in [-0.4, -0.2) is 47.4 Å². The van der Waals surface area contributed by atoms with Crippen molar-refractivity contribution in [2.24, 2.45) is 62.6 Å². The minimum absolute atomic E-state index is 0.00706. The van der Waals surface area contributed by atoms with Gasteiger partial charge in [0.05, 0.1) is 11.0 Å². The number of carboxylic acid groups (broad SMARTS) is 1. The Bertz CT molecular complexity index is 1540. The number of nitrogens with zero attached hydrogens (tertiary/aromatic N) is 1. The number of carbonyl (C=O) groups excluding carboxylic acids is 2. The molecule has 4 saturated carbocycles. The molecule has 1 heterocycles. The summed E-state index contributed by atoms with van der Waals surface area (Å²) in [6.45, 7) is 20.0. The second-order valence-electron chi connectivity index (χ2n) is 19.3. The van der Waals surface area contributed by atoms with Gasteiger partial charge in [-0.05, 0) is 151 Å². The smallest absolute Gasteiger partial charge is 0.335 e. The van der Waals surface area contributed by atoms with Crippen LogP contribution in [0.15, 0.2) is 30.3 Å². The third-order valence-electron chi connectivity index (χ3n) is 16.9. The highest BCUT2D eigenvalue weighted by Gasteiger charge is 2.71. The summed E-state index contributed by atoms with van der Waals surface area (Å²) in [5, 5.41) is 12.9. The van der Waals surface area contributed by atoms with Crippen molar-refractivity contribution in [2.75, 3.05) is 19.6 Å². The Balaban J connectivity index is 1.14. The lowest BCUT2D eigenvalue weighted by molar-refractivity contribution is -0.227. The van der Waals surface area contributed by atoms with E-state index in [1.165, 1.54) is 43.2 Å². The Morgan fingerprint density at radius 3 is 2.32 bits per heavy atom. The number of rotatable bonds is 8. The number of nitrogens with one attached hydrogen (secondary N) is 1. The molecule has 6 nitrogen and oxygen atoms in total. The Morgan fingerprint density at radius 1 is 0.920 bits per heavy atom. The number of fused-ring (bicyclic) bond motifs is 7. The molecule has 0 aromatic heterocycles. The van der Waals surface area contributed by atoms with Crippen LogP contribution in [0.4, 0.5) is 0 Å². The molecule has 5 aliphatic carbocycles. The molecular formula is C44H64N2O4. The summed E-state index contributed by atoms with van der Waals surface area (Å²) < 4.78 is 0. The summed E-state index contributed by atoms with van der Waals surface area (Å²) in [6.07, 6.45) is 15.4. The maximum Gasteiger partial charge on any atom is 0.335 e. The van der Waals surface area contributed by atoms with Crippen molar-refractivity contribution in [1.29, 1.82) is 0 Å². The molecular weight excluding hydrogens is 620 g/mol. The van der Waals surface area contributed by atoms with Gasteiger partial charge in [0.15, 0.2) is 0 Å². The van der Waals surface area contributed by atoms with Crippen LogP contribution in [0.1, 0.15) is 141 Å². The fourth-order valence-electron chi connectivity index (χ4n) is 14.3. The molecule has 0 radical (unpaired) electrons. The fraction of sp³-hybridized carbons (Fsp3) is 0.750. The number of amides is 2. The molecule has 0 bridgehead atoms. The number of aromatic carboxylic acids is 1. The lowest BCUT2D eigenvalue weighted by Crippen LogP contribution is -2.66. The molecule has 50 heavy (non-hydrogen) atoms. The second kappa shape index (κ2) is 12.5. The van der Waals surface area contributed by atoms with E-state index in [9.17, 15) is 19.5 Å². The highest BCUT2D eigenvalue weighted by molar-refractivity contribution is 5.88. The molecule has 1 saturated heterocycles. The van der Waals surface area contributed by atoms with Gasteiger partial charge in [-0.2, -0.15) is 0 Å². The van der Waals surface area contributed by atoms with Crippen LogP contribution < -0.4 is 5.32 Å². The van der Waals surface area contributed by atoms with E-state index in [2.05, 4.69) is 59.9 Å². The van der Waals surface area contributed by atoms with Crippen molar-refractivity contribution in [3.05, 3.63) is 41.5 Å². The number of carboxylic acids is 1. The van der Waals surface area contributed by atoms with Gasteiger partial charge in [-0.3, -0.25) is 9.59 Å². The molecule has 2 N–H and O–H groups in total. The summed E-state index contributed by atoms with van der Waals surface area (Å²) in [5.41, 5.74) is 3.25. The van der Waals surface area contributed by atoms with Crippen LogP contribution in [-0.2, 0) is 9.59 Å². The first-order valence-electron chi connectivity index (χ1n) is 20.2. The van der Waals surface area contributed by atoms with E-state index in [4.69, 9.17) is 0 Å². The summed E-state index contributed by atoms with van der Waals surface area (Å²) in [7, 11) is 0. The van der Waals surface area contributed by atoms with E-state index in [1.54, 1.807) is 12.1 Å². The zero-order valence-electron chi connectivity index (χ0n) is 32.1. The number of benzene rings is 1. The molecule has 6 aliphatic rings. The van der Waals surface area contributed by atoms with Crippen molar-refractivity contribution in [3.8, 4) is 0 Å². The van der Waals surface area contributed by atoms with E-state index in [0.717, 1.165) is 51.6 Å². The number of allylic oxidation sites excluding steroid dienone is 2. The lowest BCUT2D eigenvalue weighted by atomic mass is 9.32. The highest BCUT2D eigenvalue weighted by Crippen LogP contribution is 2.77. The van der Waals surface area contributed by atoms with E-state index in [-0.39, 0.29) is 33.0 Å². The summed E-state index contributed by atoms with van der Waals surface area (Å²) >= 11 is 0. The van der Waals surface area contributed by atoms with Gasteiger partial charge in [0.1, 0.15) is 0 Å². The summed E-state index contributed by atoms with van der Waals surface area (Å²) in [6, 6.07) is 7.56. The first kappa shape index (κ1) is 35.8. The lowest BCUT2D eigenvalue weighted by Gasteiger charge is -2.72. The summed E-state index contributed by atoms with van der Waals surface area (Å²) in [5.74, 6) is 3.07. The molecule has 2 amide bonds. The summed E-state index contributed by atoms with van der Waals surface area (Å²) in [4.78, 5) is 40.1. The molecule has 0 spiro atoms. The average Bonchev–Trinajstić information content (AvgIpc) is 3.67. The van der Waals surface area contributed by atoms with E-state index in [1.807, 2.05) is 17.0 Å². The van der Waals surface area contributed by atoms with Crippen LogP contribution in [0.2, 0.25) is 0 Å². The largest absolute Gasteiger partial charge is 0.478 e. The third-order valence-corrected chi connectivity index (χ3v) is 16.9. The molecule has 7 rings (SSSR count). The first-order valence-corrected chi connectivity index (χ1v) is 20.2. The minimum atomic E-state index is -0.874. The first-order chi connectivity index (χ1) is 23.6. The average molecular weight is 685 g/mol. The van der Waals surface area contributed by atoms with Crippen molar-refractivity contribution in [3.63, 3.8) is 0 Å². The van der Waals surface area contributed by atoms with Crippen LogP contribution in [0.5, 0.6) is 0 Å². The normalized spacial score (nSPS) is 40.4. The second-order valence-corrected chi connectivity index (χ2v) is 19.3. The van der Waals surface area contributed by atoms with Gasteiger partial charge in [0.2, 0.25) is 11.8 Å². The van der Waals surface area contributed by atoms with Crippen molar-refractivity contribution in [2.45, 2.75) is 126 Å². The van der Waals surface area contributed by atoms with Gasteiger partial charge >= 0.3 is 5.97 Å². The van der Waals surface area contributed by atoms with Crippen molar-refractivity contribution in [1.82, 2.24) is 10.2 Å². The van der Waals surface area contributed by atoms with Crippen molar-refractivity contribution >= 4 is 23.4 Å². The topological polar surface area (TPSA) is 86.7 Å². The third kappa shape index (κ3) is 5.18. The number of hydrogen-bond acceptors (Lipinski definition) is 3. The minimum Gasteiger partial charge on any atom is -0.478 e. The molecule has 5 fully saturated rings. The number of carbonyl (C=O) groups is 3. The van der Waals surface area contributed by atoms with Crippen LogP contribution >= 0.6 is 0 Å². The molecule has 1 aliphatic heterocycles. The monoisotopic (exact) mass is 684 g/mol. The van der Waals surface area contributed by atoms with Gasteiger partial charge in [0, 0.05) is 26.1 Å². The molecule has 6 heteroatoms. The van der Waals surface area contributed by atoms with Gasteiger partial charge in [-0.25, -0.2) is 4.79 Å². The number of likely N-dealkylation sites (tertiary alicyclic amines) is 1. The van der Waals surface area contributed by atoms with E-state index in [0.29, 0.717) is 59.9 Å². The zero-order valence-corrected chi connectivity index (χ0v) is 32.1. The van der Waals surface area contributed by atoms with Crippen LogP contribution in [0.25, 0.3) is 5.57 Å². The van der Waals surface area contributed by atoms with Gasteiger partial charge in [-0.1, -0.05) is 66.7 Å². The molecule has 1 aromatic carbocycles. The Kier molecular flexibility index (Phi) is 8.94. The molecule has 1 aromatic rings. The Labute approximate surface area is 301 Å². The highest BCUT2D eigenvalue weighted by atomic mass is 16.4.